The highest BCUT2D eigenvalue weighted by molar-refractivity contribution is 7.07. The quantitative estimate of drug-likeness (QED) is 0.245. The van der Waals surface area contributed by atoms with Crippen molar-refractivity contribution in [2.45, 2.75) is 13.0 Å². The summed E-state index contributed by atoms with van der Waals surface area (Å²) in [5.74, 6) is 2.93. The Kier molecular flexibility index (Phi) is 7.94. The van der Waals surface area contributed by atoms with E-state index >= 15 is 0 Å². The number of aromatic nitrogens is 1. The Morgan fingerprint density at radius 1 is 1.07 bits per heavy atom. The fourth-order valence-corrected chi connectivity index (χ4v) is 5.56. The van der Waals surface area contributed by atoms with E-state index in [1.165, 1.54) is 18.4 Å². The van der Waals surface area contributed by atoms with Gasteiger partial charge in [0.15, 0.2) is 16.3 Å². The first kappa shape index (κ1) is 26.7. The Hall–Kier alpha value is -4.87. The van der Waals surface area contributed by atoms with Crippen molar-refractivity contribution < 1.29 is 19.0 Å². The molecular weight excluding hydrogens is 524 g/mol. The van der Waals surface area contributed by atoms with Crippen molar-refractivity contribution in [1.82, 2.24) is 4.57 Å². The Labute approximate surface area is 235 Å². The maximum Gasteiger partial charge on any atom is 0.338 e. The molecule has 1 aliphatic heterocycles. The first-order valence-electron chi connectivity index (χ1n) is 12.6. The number of terminal acetylenes is 1. The summed E-state index contributed by atoms with van der Waals surface area (Å²) in [5, 5.41) is 0. The van der Waals surface area contributed by atoms with Crippen LogP contribution in [0.5, 0.6) is 11.5 Å². The molecule has 0 N–H and O–H groups in total. The fourth-order valence-electron chi connectivity index (χ4n) is 4.56. The van der Waals surface area contributed by atoms with Crippen LogP contribution in [0.4, 0.5) is 0 Å². The number of esters is 1. The molecule has 8 heteroatoms. The van der Waals surface area contributed by atoms with Crippen LogP contribution in [0.3, 0.4) is 0 Å². The van der Waals surface area contributed by atoms with Gasteiger partial charge in [-0.1, -0.05) is 84.0 Å². The van der Waals surface area contributed by atoms with E-state index in [-0.39, 0.29) is 18.8 Å². The molecule has 0 saturated heterocycles. The summed E-state index contributed by atoms with van der Waals surface area (Å²) in [6.45, 7) is 2.06. The molecule has 4 aromatic rings. The van der Waals surface area contributed by atoms with Crippen LogP contribution in [-0.2, 0) is 9.53 Å². The molecule has 2 heterocycles. The zero-order chi connectivity index (χ0) is 28.1. The molecule has 1 aromatic heterocycles. The highest BCUT2D eigenvalue weighted by atomic mass is 32.1. The van der Waals surface area contributed by atoms with Crippen LogP contribution >= 0.6 is 11.3 Å². The number of hydrogen-bond acceptors (Lipinski definition) is 7. The lowest BCUT2D eigenvalue weighted by Gasteiger charge is -2.25. The molecule has 3 aromatic carbocycles. The van der Waals surface area contributed by atoms with E-state index in [9.17, 15) is 9.59 Å². The second-order valence-corrected chi connectivity index (χ2v) is 9.75. The van der Waals surface area contributed by atoms with E-state index in [2.05, 4.69) is 5.92 Å². The molecule has 1 atom stereocenters. The van der Waals surface area contributed by atoms with Gasteiger partial charge in [-0.3, -0.25) is 9.36 Å². The standard InChI is InChI=1S/C32H26N2O5S/c1-4-18-39-24-17-16-21(19-25(24)37-3)20-26-30(35)34-29(23-14-10-7-11-15-23)27(31(36)38-5-2)28(33-32(34)40-26)22-12-8-6-9-13-22/h1,6-17,19-20,29H,5,18H2,2-3H3/b26-20-/t29-/m0/s1. The molecule has 1 aliphatic rings. The number of hydrogen-bond donors (Lipinski definition) is 0. The molecule has 0 spiro atoms. The largest absolute Gasteiger partial charge is 0.493 e. The molecule has 5 rings (SSSR count). The van der Waals surface area contributed by atoms with Crippen molar-refractivity contribution in [2.24, 2.45) is 4.99 Å². The van der Waals surface area contributed by atoms with Crippen LogP contribution < -0.4 is 24.4 Å². The first-order valence-corrected chi connectivity index (χ1v) is 13.4. The van der Waals surface area contributed by atoms with Crippen molar-refractivity contribution in [2.75, 3.05) is 20.3 Å². The molecule has 0 fully saturated rings. The molecule has 0 bridgehead atoms. The van der Waals surface area contributed by atoms with E-state index in [1.54, 1.807) is 29.7 Å². The highest BCUT2D eigenvalue weighted by Crippen LogP contribution is 2.35. The van der Waals surface area contributed by atoms with Gasteiger partial charge in [0.1, 0.15) is 6.61 Å². The maximum absolute atomic E-state index is 14.0. The smallest absolute Gasteiger partial charge is 0.338 e. The zero-order valence-electron chi connectivity index (χ0n) is 22.0. The minimum absolute atomic E-state index is 0.111. The number of carbonyl (C=O) groups excluding carboxylic acids is 1. The Balaban J connectivity index is 1.74. The number of fused-ring (bicyclic) bond motifs is 1. The van der Waals surface area contributed by atoms with Gasteiger partial charge in [-0.25, -0.2) is 9.79 Å². The number of rotatable bonds is 8. The van der Waals surface area contributed by atoms with E-state index in [0.717, 1.165) is 16.7 Å². The topological polar surface area (TPSA) is 79.1 Å². The van der Waals surface area contributed by atoms with Gasteiger partial charge in [0.05, 0.1) is 35.6 Å². The second kappa shape index (κ2) is 11.9. The second-order valence-electron chi connectivity index (χ2n) is 8.75. The summed E-state index contributed by atoms with van der Waals surface area (Å²) >= 11 is 1.26. The van der Waals surface area contributed by atoms with Gasteiger partial charge < -0.3 is 14.2 Å². The molecular formula is C32H26N2O5S. The number of thiazole rings is 1. The van der Waals surface area contributed by atoms with Gasteiger partial charge in [0.25, 0.3) is 5.56 Å². The van der Waals surface area contributed by atoms with E-state index < -0.39 is 12.0 Å². The normalized spacial score (nSPS) is 14.6. The number of benzene rings is 3. The lowest BCUT2D eigenvalue weighted by Crippen LogP contribution is -2.39. The van der Waals surface area contributed by atoms with Crippen molar-refractivity contribution in [3.63, 3.8) is 0 Å². The average molecular weight is 551 g/mol. The minimum atomic E-state index is -0.720. The SMILES string of the molecule is C#CCOc1ccc(/C=c2\sc3n(c2=O)[C@@H](c2ccccc2)C(C(=O)OCC)=C(c2ccccc2)N=3)cc1OC. The number of nitrogens with zero attached hydrogens (tertiary/aromatic N) is 2. The summed E-state index contributed by atoms with van der Waals surface area (Å²) in [4.78, 5) is 32.8. The molecule has 0 aliphatic carbocycles. The van der Waals surface area contributed by atoms with Gasteiger partial charge in [0.2, 0.25) is 0 Å². The van der Waals surface area contributed by atoms with Crippen LogP contribution in [0, 0.1) is 12.3 Å². The predicted octanol–water partition coefficient (Wildman–Crippen LogP) is 3.96. The van der Waals surface area contributed by atoms with Gasteiger partial charge in [-0.15, -0.1) is 6.42 Å². The minimum Gasteiger partial charge on any atom is -0.493 e. The zero-order valence-corrected chi connectivity index (χ0v) is 22.8. The Bertz CT molecular complexity index is 1800. The lowest BCUT2D eigenvalue weighted by atomic mass is 9.93. The monoisotopic (exact) mass is 550 g/mol. The van der Waals surface area contributed by atoms with E-state index in [4.69, 9.17) is 25.6 Å². The van der Waals surface area contributed by atoms with Crippen LogP contribution in [0.15, 0.2) is 94.2 Å². The van der Waals surface area contributed by atoms with Crippen LogP contribution in [0.2, 0.25) is 0 Å². The number of ether oxygens (including phenoxy) is 3. The third kappa shape index (κ3) is 5.20. The molecule has 40 heavy (non-hydrogen) atoms. The van der Waals surface area contributed by atoms with Gasteiger partial charge >= 0.3 is 5.97 Å². The third-order valence-corrected chi connectivity index (χ3v) is 7.27. The van der Waals surface area contributed by atoms with Crippen molar-refractivity contribution in [3.05, 3.63) is 121 Å². The Morgan fingerprint density at radius 3 is 2.48 bits per heavy atom. The maximum atomic E-state index is 14.0. The summed E-state index contributed by atoms with van der Waals surface area (Å²) in [5.41, 5.74) is 2.81. The molecule has 0 radical (unpaired) electrons. The fraction of sp³-hybridized carbons (Fsp3) is 0.156. The summed E-state index contributed by atoms with van der Waals surface area (Å²) in [7, 11) is 1.54. The van der Waals surface area contributed by atoms with E-state index in [1.807, 2.05) is 66.7 Å². The van der Waals surface area contributed by atoms with Crippen LogP contribution in [0.25, 0.3) is 11.8 Å². The molecule has 0 unspecified atom stereocenters. The van der Waals surface area contributed by atoms with Crippen molar-refractivity contribution in [1.29, 1.82) is 0 Å². The van der Waals surface area contributed by atoms with Crippen molar-refractivity contribution in [3.8, 4) is 23.8 Å². The average Bonchev–Trinajstić information content (AvgIpc) is 3.30. The molecule has 0 saturated carbocycles. The molecule has 200 valence electrons. The van der Waals surface area contributed by atoms with E-state index in [0.29, 0.717) is 32.1 Å². The molecule has 0 amide bonds. The third-order valence-electron chi connectivity index (χ3n) is 6.29. The molecule has 7 nitrogen and oxygen atoms in total. The number of carbonyl (C=O) groups is 1. The number of methoxy groups -OCH3 is 1. The highest BCUT2D eigenvalue weighted by Gasteiger charge is 2.35. The van der Waals surface area contributed by atoms with Crippen LogP contribution in [0.1, 0.15) is 29.7 Å². The van der Waals surface area contributed by atoms with Gasteiger partial charge in [-0.2, -0.15) is 0 Å². The van der Waals surface area contributed by atoms with Crippen LogP contribution in [-0.4, -0.2) is 30.9 Å². The van der Waals surface area contributed by atoms with Gasteiger partial charge in [0, 0.05) is 5.56 Å². The summed E-state index contributed by atoms with van der Waals surface area (Å²) in [6.07, 6.45) is 7.08. The summed E-state index contributed by atoms with van der Waals surface area (Å²) in [6, 6.07) is 23.5. The lowest BCUT2D eigenvalue weighted by molar-refractivity contribution is -0.138. The Morgan fingerprint density at radius 2 is 1.80 bits per heavy atom. The van der Waals surface area contributed by atoms with Crippen molar-refractivity contribution >= 4 is 29.1 Å². The summed E-state index contributed by atoms with van der Waals surface area (Å²) < 4.78 is 18.5. The first-order chi connectivity index (χ1) is 19.5. The van der Waals surface area contributed by atoms with Gasteiger partial charge in [-0.05, 0) is 36.3 Å². The predicted molar refractivity (Wildman–Crippen MR) is 155 cm³/mol.